The maximum atomic E-state index is 14.2. The highest BCUT2D eigenvalue weighted by Crippen LogP contribution is 2.55. The highest BCUT2D eigenvalue weighted by Gasteiger charge is 2.64. The van der Waals surface area contributed by atoms with E-state index in [1.807, 2.05) is 98.2 Å². The van der Waals surface area contributed by atoms with Crippen LogP contribution in [0.2, 0.25) is 5.02 Å². The molecule has 19 heteroatoms. The molecule has 4 heterocycles. The van der Waals surface area contributed by atoms with Crippen LogP contribution in [0.1, 0.15) is 95.0 Å². The number of nitriles is 1. The van der Waals surface area contributed by atoms with E-state index in [1.165, 1.54) is 4.90 Å². The van der Waals surface area contributed by atoms with E-state index < -0.39 is 46.2 Å². The molecule has 0 bridgehead atoms. The van der Waals surface area contributed by atoms with Crippen LogP contribution in [0.15, 0.2) is 66.3 Å². The molecule has 2 aromatic heterocycles. The fourth-order valence-corrected chi connectivity index (χ4v) is 11.7. The Morgan fingerprint density at radius 3 is 2.33 bits per heavy atom. The summed E-state index contributed by atoms with van der Waals surface area (Å²) in [5.74, 6) is -0.365. The van der Waals surface area contributed by atoms with Crippen LogP contribution >= 0.6 is 22.9 Å². The molecule has 386 valence electrons. The zero-order valence-corrected chi connectivity index (χ0v) is 44.1. The van der Waals surface area contributed by atoms with Gasteiger partial charge in [0.2, 0.25) is 17.7 Å². The smallest absolute Gasteiger partial charge is 0.253 e. The van der Waals surface area contributed by atoms with Crippen molar-refractivity contribution in [3.8, 4) is 22.3 Å². The Morgan fingerprint density at radius 2 is 1.72 bits per heavy atom. The topological polar surface area (TPSA) is 223 Å². The second-order valence-corrected chi connectivity index (χ2v) is 22.7. The zero-order valence-electron chi connectivity index (χ0n) is 42.6. The van der Waals surface area contributed by atoms with Gasteiger partial charge < -0.3 is 45.4 Å². The number of benzene rings is 2. The summed E-state index contributed by atoms with van der Waals surface area (Å²) in [5.41, 5.74) is 3.88. The lowest BCUT2D eigenvalue weighted by Gasteiger charge is -2.63. The molecule has 1 aliphatic carbocycles. The molecule has 2 aliphatic heterocycles. The number of ether oxygens (including phenoxy) is 2. The van der Waals surface area contributed by atoms with Crippen molar-refractivity contribution in [2.75, 3.05) is 57.4 Å². The molecular formula is C53H68ClN9O8S. The number of piperazine rings is 1. The average Bonchev–Trinajstić information content (AvgIpc) is 3.97. The quantitative estimate of drug-likeness (QED) is 0.0824. The number of aliphatic hydroxyl groups excluding tert-OH is 2. The van der Waals surface area contributed by atoms with E-state index in [0.717, 1.165) is 21.7 Å². The van der Waals surface area contributed by atoms with Gasteiger partial charge in [0.25, 0.3) is 5.91 Å². The van der Waals surface area contributed by atoms with Crippen LogP contribution < -0.4 is 25.6 Å². The number of hydrogen-bond donors (Lipinski definition) is 5. The Kier molecular flexibility index (Phi) is 16.7. The Morgan fingerprint density at radius 1 is 1.00 bits per heavy atom. The van der Waals surface area contributed by atoms with Gasteiger partial charge in [-0.2, -0.15) is 5.26 Å². The van der Waals surface area contributed by atoms with E-state index in [9.17, 15) is 34.7 Å². The number of aromatic nitrogens is 2. The highest BCUT2D eigenvalue weighted by atomic mass is 35.5. The summed E-state index contributed by atoms with van der Waals surface area (Å²) in [6.07, 6.45) is 0.488. The van der Waals surface area contributed by atoms with Gasteiger partial charge in [0.15, 0.2) is 0 Å². The molecule has 7 rings (SSSR count). The normalized spacial score (nSPS) is 22.5. The van der Waals surface area contributed by atoms with Crippen LogP contribution in [0.5, 0.6) is 5.75 Å². The largest absolute Gasteiger partial charge is 0.489 e. The Bertz CT molecular complexity index is 2620. The monoisotopic (exact) mass is 1030 g/mol. The van der Waals surface area contributed by atoms with Crippen LogP contribution in [0, 0.1) is 34.5 Å². The predicted molar refractivity (Wildman–Crippen MR) is 275 cm³/mol. The first-order chi connectivity index (χ1) is 34.0. The van der Waals surface area contributed by atoms with Gasteiger partial charge in [0.1, 0.15) is 42.4 Å². The molecule has 0 radical (unpaired) electrons. The maximum absolute atomic E-state index is 14.2. The molecule has 4 aromatic rings. The molecular weight excluding hydrogens is 958 g/mol. The van der Waals surface area contributed by atoms with Gasteiger partial charge in [0.05, 0.1) is 63.6 Å². The third-order valence-electron chi connectivity index (χ3n) is 14.4. The van der Waals surface area contributed by atoms with Gasteiger partial charge in [-0.3, -0.25) is 24.1 Å². The van der Waals surface area contributed by atoms with Gasteiger partial charge in [0, 0.05) is 68.3 Å². The first-order valence-corrected chi connectivity index (χ1v) is 25.7. The number of β-amino-alcohol motifs (C(OH)–C–C–N with tert-alkyl or cyclic N) is 1. The van der Waals surface area contributed by atoms with E-state index in [0.29, 0.717) is 53.9 Å². The number of amides is 4. The van der Waals surface area contributed by atoms with Crippen molar-refractivity contribution in [3.63, 3.8) is 0 Å². The number of thiazole rings is 1. The first kappa shape index (κ1) is 54.1. The Balaban J connectivity index is 0.859. The van der Waals surface area contributed by atoms with Crippen molar-refractivity contribution in [2.24, 2.45) is 16.2 Å². The third-order valence-corrected chi connectivity index (χ3v) is 15.7. The number of carbonyl (C=O) groups excluding carboxylic acids is 4. The summed E-state index contributed by atoms with van der Waals surface area (Å²) in [4.78, 5) is 70.4. The number of aliphatic hydroxyl groups is 2. The van der Waals surface area contributed by atoms with Crippen LogP contribution in [0.3, 0.4) is 0 Å². The van der Waals surface area contributed by atoms with E-state index in [1.54, 1.807) is 41.8 Å². The van der Waals surface area contributed by atoms with E-state index in [2.05, 4.69) is 41.8 Å². The minimum Gasteiger partial charge on any atom is -0.489 e. The minimum atomic E-state index is -1.00. The molecule has 2 saturated heterocycles. The lowest BCUT2D eigenvalue weighted by molar-refractivity contribution is -0.164. The van der Waals surface area contributed by atoms with Gasteiger partial charge in [-0.05, 0) is 54.7 Å². The number of hydrogen-bond acceptors (Lipinski definition) is 14. The summed E-state index contributed by atoms with van der Waals surface area (Å²) in [6, 6.07) is 15.8. The van der Waals surface area contributed by atoms with Crippen molar-refractivity contribution in [3.05, 3.63) is 93.7 Å². The zero-order chi connectivity index (χ0) is 52.3. The molecule has 1 unspecified atom stereocenters. The number of nitrogens with one attached hydrogen (secondary N) is 3. The summed E-state index contributed by atoms with van der Waals surface area (Å²) in [7, 11) is 0. The first-order valence-electron chi connectivity index (χ1n) is 24.4. The molecule has 72 heavy (non-hydrogen) atoms. The molecule has 5 N–H and O–H groups in total. The number of nitrogens with zero attached hydrogens (tertiary/aromatic N) is 6. The standard InChI is InChI=1S/C53H68ClN9O8S/c1-31(33-10-12-34(13-11-33)44-32(2)57-30-72-44)58-47(68)41-22-38(65)27-63(41)48(69)45(51(3,4)5)59-43(66)29-70-21-20-61-18-19-62(26-37(61)28-64)42-17-15-36(25-56-42)46(67)60-49-52(6,7)50(53(49,8)9)71-39-16-14-35(24-55)40(54)23-39/h10-17,23,25,30-31,37-38,41,45,49-50,64-65H,18-22,26-29H2,1-9H3,(H,58,68)(H,59,66)(H,60,67)/t31-,37-,38+,41?,45+,49?,50?/m0/s1. The SMILES string of the molecule is Cc1ncsc1-c1ccc([C@H](C)NC(=O)C2C[C@@H](O)CN2C(=O)[C@@H](NC(=O)COCCN2CCN(c3ccc(C(=O)NC4C(C)(C)C(Oc5ccc(C#N)c(Cl)c5)C4(C)C)cn3)C[C@H]2CO)C(C)(C)C)cc1. The van der Waals surface area contributed by atoms with Gasteiger partial charge in [-0.1, -0.05) is 84.3 Å². The number of anilines is 1. The van der Waals surface area contributed by atoms with E-state index in [-0.39, 0.29) is 68.8 Å². The van der Waals surface area contributed by atoms with Crippen molar-refractivity contribution >= 4 is 52.4 Å². The van der Waals surface area contributed by atoms with E-state index >= 15 is 0 Å². The lowest BCUT2D eigenvalue weighted by Crippen LogP contribution is -2.74. The third kappa shape index (κ3) is 11.9. The van der Waals surface area contributed by atoms with Crippen molar-refractivity contribution in [2.45, 2.75) is 111 Å². The van der Waals surface area contributed by atoms with E-state index in [4.69, 9.17) is 21.1 Å². The summed E-state index contributed by atoms with van der Waals surface area (Å²) < 4.78 is 12.2. The number of halogens is 1. The second-order valence-electron chi connectivity index (χ2n) is 21.5. The fraction of sp³-hybridized carbons (Fsp3) is 0.528. The Labute approximate surface area is 431 Å². The van der Waals surface area contributed by atoms with Crippen LogP contribution in [-0.4, -0.2) is 143 Å². The summed E-state index contributed by atoms with van der Waals surface area (Å²) >= 11 is 7.82. The molecule has 2 aromatic carbocycles. The van der Waals surface area contributed by atoms with Gasteiger partial charge in [-0.15, -0.1) is 11.3 Å². The average molecular weight is 1030 g/mol. The molecule has 3 fully saturated rings. The molecule has 5 atom stereocenters. The molecule has 1 saturated carbocycles. The Hall–Kier alpha value is -5.68. The number of aryl methyl sites for hydroxylation is 1. The van der Waals surface area contributed by atoms with Crippen molar-refractivity contribution in [1.82, 2.24) is 35.7 Å². The number of likely N-dealkylation sites (tertiary alicyclic amines) is 1. The number of pyridine rings is 1. The summed E-state index contributed by atoms with van der Waals surface area (Å²) in [6.45, 7) is 19.3. The van der Waals surface area contributed by atoms with Gasteiger partial charge in [-0.25, -0.2) is 9.97 Å². The predicted octanol–water partition coefficient (Wildman–Crippen LogP) is 5.52. The molecule has 4 amide bonds. The number of rotatable bonds is 17. The van der Waals surface area contributed by atoms with Crippen LogP contribution in [0.4, 0.5) is 5.82 Å². The fourth-order valence-electron chi connectivity index (χ4n) is 10.7. The maximum Gasteiger partial charge on any atom is 0.253 e. The van der Waals surface area contributed by atoms with Crippen LogP contribution in [0.25, 0.3) is 10.4 Å². The van der Waals surface area contributed by atoms with Crippen LogP contribution in [-0.2, 0) is 19.1 Å². The van der Waals surface area contributed by atoms with Gasteiger partial charge >= 0.3 is 0 Å². The van der Waals surface area contributed by atoms with Crippen molar-refractivity contribution in [1.29, 1.82) is 5.26 Å². The lowest BCUT2D eigenvalue weighted by atomic mass is 9.49. The summed E-state index contributed by atoms with van der Waals surface area (Å²) in [5, 5.41) is 39.7. The highest BCUT2D eigenvalue weighted by molar-refractivity contribution is 7.13. The minimum absolute atomic E-state index is 0.0408. The second kappa shape index (κ2) is 22.2. The number of carbonyl (C=O) groups is 4. The van der Waals surface area contributed by atoms with Crippen molar-refractivity contribution < 1.29 is 38.9 Å². The molecule has 17 nitrogen and oxygen atoms in total. The molecule has 0 spiro atoms. The molecule has 3 aliphatic rings.